The van der Waals surface area contributed by atoms with Gasteiger partial charge in [-0.1, -0.05) is 13.0 Å². The van der Waals surface area contributed by atoms with Gasteiger partial charge in [-0.2, -0.15) is 0 Å². The van der Waals surface area contributed by atoms with Crippen molar-refractivity contribution in [3.63, 3.8) is 0 Å². The molecule has 0 aliphatic heterocycles. The Kier molecular flexibility index (Phi) is 2.89. The molecule has 0 unspecified atom stereocenters. The van der Waals surface area contributed by atoms with E-state index in [1.165, 1.54) is 0 Å². The van der Waals surface area contributed by atoms with Gasteiger partial charge in [0.05, 0.1) is 5.52 Å². The van der Waals surface area contributed by atoms with E-state index < -0.39 is 0 Å². The zero-order chi connectivity index (χ0) is 11.9. The molecule has 3 heteroatoms. The number of rotatable bonds is 1. The molecule has 0 atom stereocenters. The first kappa shape index (κ1) is 11.4. The molecule has 1 aromatic heterocycles. The first-order chi connectivity index (χ1) is 7.56. The van der Waals surface area contributed by atoms with Gasteiger partial charge in [-0.25, -0.2) is 0 Å². The second kappa shape index (κ2) is 4.06. The van der Waals surface area contributed by atoms with Gasteiger partial charge in [0.1, 0.15) is 0 Å². The molecule has 0 bridgehead atoms. The van der Waals surface area contributed by atoms with E-state index in [1.54, 1.807) is 0 Å². The largest absolute Gasteiger partial charge is 0.357 e. The molecule has 0 aliphatic carbocycles. The van der Waals surface area contributed by atoms with Crippen molar-refractivity contribution in [2.24, 2.45) is 0 Å². The molecule has 1 heterocycles. The van der Waals surface area contributed by atoms with E-state index in [9.17, 15) is 4.79 Å². The number of pyridine rings is 1. The molecule has 2 rings (SSSR count). The summed E-state index contributed by atoms with van der Waals surface area (Å²) in [4.78, 5) is 15.6. The van der Waals surface area contributed by atoms with Crippen LogP contribution in [-0.2, 0) is 6.42 Å². The lowest BCUT2D eigenvalue weighted by Gasteiger charge is -2.09. The fourth-order valence-electron chi connectivity index (χ4n) is 2.11. The van der Waals surface area contributed by atoms with E-state index in [0.717, 1.165) is 38.6 Å². The Morgan fingerprint density at radius 2 is 2.00 bits per heavy atom. The second-order valence-corrected chi connectivity index (χ2v) is 4.88. The lowest BCUT2D eigenvalue weighted by Crippen LogP contribution is -2.13. The normalized spacial score (nSPS) is 11.0. The first-order valence-corrected chi connectivity index (χ1v) is 6.16. The smallest absolute Gasteiger partial charge is 0.193 e. The lowest BCUT2D eigenvalue weighted by atomic mass is 10.0. The van der Waals surface area contributed by atoms with E-state index in [-0.39, 0.29) is 5.43 Å². The summed E-state index contributed by atoms with van der Waals surface area (Å²) in [5.41, 5.74) is 3.93. The Hall–Kier alpha value is -1.09. The van der Waals surface area contributed by atoms with Crippen LogP contribution in [0.2, 0.25) is 0 Å². The van der Waals surface area contributed by atoms with Crippen molar-refractivity contribution in [3.8, 4) is 0 Å². The van der Waals surface area contributed by atoms with E-state index >= 15 is 0 Å². The number of halogens is 1. The number of aromatic amines is 1. The Morgan fingerprint density at radius 3 is 2.62 bits per heavy atom. The average molecular weight is 280 g/mol. The number of nitrogens with one attached hydrogen (secondary N) is 1. The first-order valence-electron chi connectivity index (χ1n) is 5.36. The van der Waals surface area contributed by atoms with E-state index in [2.05, 4.69) is 20.9 Å². The zero-order valence-electron chi connectivity index (χ0n) is 9.65. The van der Waals surface area contributed by atoms with Crippen LogP contribution in [0.1, 0.15) is 23.7 Å². The van der Waals surface area contributed by atoms with Crippen molar-refractivity contribution < 1.29 is 0 Å². The molecular weight excluding hydrogens is 266 g/mol. The minimum atomic E-state index is 0.160. The highest BCUT2D eigenvalue weighted by Crippen LogP contribution is 2.23. The van der Waals surface area contributed by atoms with Crippen molar-refractivity contribution >= 4 is 26.8 Å². The van der Waals surface area contributed by atoms with Gasteiger partial charge in [-0.15, -0.1) is 0 Å². The summed E-state index contributed by atoms with van der Waals surface area (Å²) in [7, 11) is 0. The van der Waals surface area contributed by atoms with Crippen LogP contribution >= 0.6 is 15.9 Å². The highest BCUT2D eigenvalue weighted by Gasteiger charge is 2.11. The number of benzene rings is 1. The van der Waals surface area contributed by atoms with Crippen molar-refractivity contribution in [2.75, 3.05) is 0 Å². The maximum absolute atomic E-state index is 12.3. The van der Waals surface area contributed by atoms with E-state index in [4.69, 9.17) is 0 Å². The molecule has 0 spiro atoms. The third-order valence-electron chi connectivity index (χ3n) is 2.98. The molecule has 0 amide bonds. The van der Waals surface area contributed by atoms with Crippen molar-refractivity contribution in [2.45, 2.75) is 27.2 Å². The predicted octanol–water partition coefficient (Wildman–Crippen LogP) is 3.47. The average Bonchev–Trinajstić information content (AvgIpc) is 2.24. The second-order valence-electron chi connectivity index (χ2n) is 4.03. The van der Waals surface area contributed by atoms with Crippen molar-refractivity contribution in [1.82, 2.24) is 4.98 Å². The number of aryl methyl sites for hydroxylation is 2. The fraction of sp³-hybridized carbons (Fsp3) is 0.308. The molecule has 0 radical (unpaired) electrons. The van der Waals surface area contributed by atoms with Gasteiger partial charge in [0.15, 0.2) is 5.43 Å². The Labute approximate surface area is 103 Å². The molecule has 84 valence electrons. The maximum Gasteiger partial charge on any atom is 0.193 e. The van der Waals surface area contributed by atoms with Gasteiger partial charge in [0.25, 0.3) is 0 Å². The zero-order valence-corrected chi connectivity index (χ0v) is 11.2. The molecule has 0 aliphatic rings. The minimum absolute atomic E-state index is 0.160. The topological polar surface area (TPSA) is 32.9 Å². The van der Waals surface area contributed by atoms with Gasteiger partial charge >= 0.3 is 0 Å². The van der Waals surface area contributed by atoms with Crippen molar-refractivity contribution in [3.05, 3.63) is 43.6 Å². The Morgan fingerprint density at radius 1 is 1.31 bits per heavy atom. The molecular formula is C13H14BrNO. The third-order valence-corrected chi connectivity index (χ3v) is 3.64. The molecule has 1 aromatic carbocycles. The molecule has 0 saturated heterocycles. The van der Waals surface area contributed by atoms with Crippen LogP contribution in [-0.4, -0.2) is 4.98 Å². The standard InChI is InChI=1S/C13H14BrNO/c1-4-9-8(3)15-12-10(14)6-5-7(2)11(12)13(9)16/h5-6H,4H2,1-3H3,(H,15,16). The molecule has 2 aromatic rings. The van der Waals surface area contributed by atoms with Crippen LogP contribution in [0.25, 0.3) is 10.9 Å². The highest BCUT2D eigenvalue weighted by atomic mass is 79.9. The molecule has 0 saturated carbocycles. The summed E-state index contributed by atoms with van der Waals surface area (Å²) < 4.78 is 0.941. The molecule has 1 N–H and O–H groups in total. The molecule has 16 heavy (non-hydrogen) atoms. The quantitative estimate of drug-likeness (QED) is 0.852. The van der Waals surface area contributed by atoms with Gasteiger partial charge in [0.2, 0.25) is 0 Å². The maximum atomic E-state index is 12.3. The minimum Gasteiger partial charge on any atom is -0.357 e. The van der Waals surface area contributed by atoms with Gasteiger partial charge in [-0.05, 0) is 47.8 Å². The summed E-state index contributed by atoms with van der Waals surface area (Å²) in [6, 6.07) is 3.94. The van der Waals surface area contributed by atoms with Crippen molar-refractivity contribution in [1.29, 1.82) is 0 Å². The van der Waals surface area contributed by atoms with Crippen LogP contribution in [0.4, 0.5) is 0 Å². The molecule has 2 nitrogen and oxygen atoms in total. The van der Waals surface area contributed by atoms with Crippen LogP contribution in [0, 0.1) is 13.8 Å². The number of hydrogen-bond acceptors (Lipinski definition) is 1. The van der Waals surface area contributed by atoms with Gasteiger partial charge in [0, 0.05) is 21.1 Å². The number of aromatic nitrogens is 1. The predicted molar refractivity (Wildman–Crippen MR) is 71.1 cm³/mol. The van der Waals surface area contributed by atoms with Crippen LogP contribution < -0.4 is 5.43 Å². The summed E-state index contributed by atoms with van der Waals surface area (Å²) in [5.74, 6) is 0. The number of hydrogen-bond donors (Lipinski definition) is 1. The third kappa shape index (κ3) is 1.59. The summed E-state index contributed by atoms with van der Waals surface area (Å²) in [6.07, 6.45) is 0.767. The monoisotopic (exact) mass is 279 g/mol. The van der Waals surface area contributed by atoms with Crippen LogP contribution in [0.15, 0.2) is 21.4 Å². The Bertz CT molecular complexity index is 613. The summed E-state index contributed by atoms with van der Waals surface area (Å²) >= 11 is 3.48. The summed E-state index contributed by atoms with van der Waals surface area (Å²) in [5, 5.41) is 0.803. The number of fused-ring (bicyclic) bond motifs is 1. The van der Waals surface area contributed by atoms with Gasteiger partial charge in [-0.3, -0.25) is 4.79 Å². The van der Waals surface area contributed by atoms with E-state index in [1.807, 2.05) is 32.9 Å². The van der Waals surface area contributed by atoms with E-state index in [0.29, 0.717) is 0 Å². The highest BCUT2D eigenvalue weighted by molar-refractivity contribution is 9.10. The fourth-order valence-corrected chi connectivity index (χ4v) is 2.54. The summed E-state index contributed by atoms with van der Waals surface area (Å²) in [6.45, 7) is 5.93. The lowest BCUT2D eigenvalue weighted by molar-refractivity contribution is 1.05. The Balaban J connectivity index is 3.05. The SMILES string of the molecule is CCc1c(C)[nH]c2c(Br)ccc(C)c2c1=O. The van der Waals surface area contributed by atoms with Crippen LogP contribution in [0.3, 0.4) is 0 Å². The van der Waals surface area contributed by atoms with Crippen LogP contribution in [0.5, 0.6) is 0 Å². The molecule has 0 fully saturated rings. The van der Waals surface area contributed by atoms with Gasteiger partial charge < -0.3 is 4.98 Å². The number of H-pyrrole nitrogens is 1.